The van der Waals surface area contributed by atoms with Crippen molar-refractivity contribution in [2.24, 2.45) is 0 Å². The number of para-hydroxylation sites is 1. The largest absolute Gasteiger partial charge is 0.434 e. The molecule has 0 saturated carbocycles. The van der Waals surface area contributed by atoms with Crippen LogP contribution >= 0.6 is 0 Å². The maximum Gasteiger partial charge on any atom is 0.387 e. The summed E-state index contributed by atoms with van der Waals surface area (Å²) in [5.74, 6) is 0.998. The van der Waals surface area contributed by atoms with Gasteiger partial charge in [0.2, 0.25) is 5.95 Å². The lowest BCUT2D eigenvalue weighted by molar-refractivity contribution is -0.0507. The van der Waals surface area contributed by atoms with Crippen LogP contribution in [-0.2, 0) is 0 Å². The van der Waals surface area contributed by atoms with Gasteiger partial charge in [0.1, 0.15) is 5.75 Å². The molecule has 0 aliphatic carbocycles. The molecular formula is C14H15F2N3O. The van der Waals surface area contributed by atoms with Crippen LogP contribution in [0.2, 0.25) is 0 Å². The van der Waals surface area contributed by atoms with Crippen LogP contribution in [0, 0.1) is 6.92 Å². The fourth-order valence-corrected chi connectivity index (χ4v) is 2.61. The van der Waals surface area contributed by atoms with E-state index in [0.717, 1.165) is 30.2 Å². The van der Waals surface area contributed by atoms with E-state index in [4.69, 9.17) is 0 Å². The van der Waals surface area contributed by atoms with E-state index in [0.29, 0.717) is 0 Å². The zero-order valence-electron chi connectivity index (χ0n) is 11.0. The number of imidazole rings is 1. The van der Waals surface area contributed by atoms with Gasteiger partial charge in [-0.1, -0.05) is 18.2 Å². The Hall–Kier alpha value is -2.11. The van der Waals surface area contributed by atoms with Crippen molar-refractivity contribution in [3.8, 4) is 5.75 Å². The Kier molecular flexibility index (Phi) is 3.30. The molecule has 3 rings (SSSR count). The summed E-state index contributed by atoms with van der Waals surface area (Å²) >= 11 is 0. The Bertz CT molecular complexity index is 612. The van der Waals surface area contributed by atoms with E-state index in [2.05, 4.69) is 15.0 Å². The van der Waals surface area contributed by atoms with Crippen molar-refractivity contribution in [3.05, 3.63) is 41.7 Å². The third-order valence-electron chi connectivity index (χ3n) is 3.38. The van der Waals surface area contributed by atoms with Crippen LogP contribution in [0.3, 0.4) is 0 Å². The third kappa shape index (κ3) is 2.33. The molecular weight excluding hydrogens is 264 g/mol. The van der Waals surface area contributed by atoms with E-state index < -0.39 is 6.61 Å². The second-order valence-corrected chi connectivity index (χ2v) is 4.76. The van der Waals surface area contributed by atoms with Gasteiger partial charge in [0.05, 0.1) is 11.7 Å². The molecule has 1 aliphatic rings. The zero-order chi connectivity index (χ0) is 14.1. The van der Waals surface area contributed by atoms with Crippen LogP contribution < -0.4 is 10.1 Å². The van der Waals surface area contributed by atoms with Crippen molar-refractivity contribution in [1.29, 1.82) is 0 Å². The summed E-state index contributed by atoms with van der Waals surface area (Å²) in [5.41, 5.74) is 1.65. The van der Waals surface area contributed by atoms with Gasteiger partial charge in [0, 0.05) is 18.3 Å². The minimum atomic E-state index is -2.82. The van der Waals surface area contributed by atoms with E-state index in [1.807, 2.05) is 29.8 Å². The summed E-state index contributed by atoms with van der Waals surface area (Å²) < 4.78 is 31.6. The number of halogens is 2. The Morgan fingerprint density at radius 3 is 3.00 bits per heavy atom. The number of fused-ring (bicyclic) bond motifs is 1. The molecule has 0 radical (unpaired) electrons. The van der Waals surface area contributed by atoms with Crippen LogP contribution in [-0.4, -0.2) is 22.7 Å². The molecule has 0 spiro atoms. The van der Waals surface area contributed by atoms with Crippen LogP contribution in [0.1, 0.15) is 23.7 Å². The molecule has 1 unspecified atom stereocenters. The molecule has 4 nitrogen and oxygen atoms in total. The highest BCUT2D eigenvalue weighted by Crippen LogP contribution is 2.35. The average Bonchev–Trinajstić information content (AvgIpc) is 2.79. The summed E-state index contributed by atoms with van der Waals surface area (Å²) in [4.78, 5) is 4.38. The minimum Gasteiger partial charge on any atom is -0.434 e. The molecule has 0 fully saturated rings. The lowest BCUT2D eigenvalue weighted by Gasteiger charge is -2.27. The summed E-state index contributed by atoms with van der Waals surface area (Å²) in [6.45, 7) is -0.155. The first-order chi connectivity index (χ1) is 9.65. The van der Waals surface area contributed by atoms with Crippen molar-refractivity contribution in [3.63, 3.8) is 0 Å². The third-order valence-corrected chi connectivity index (χ3v) is 3.38. The molecule has 0 amide bonds. The summed E-state index contributed by atoms with van der Waals surface area (Å²) in [6, 6.07) is 6.89. The van der Waals surface area contributed by atoms with Gasteiger partial charge < -0.3 is 14.6 Å². The van der Waals surface area contributed by atoms with Crippen LogP contribution in [0.25, 0.3) is 0 Å². The summed E-state index contributed by atoms with van der Waals surface area (Å²) in [7, 11) is 0. The zero-order valence-corrected chi connectivity index (χ0v) is 11.0. The molecule has 1 aromatic carbocycles. The molecule has 6 heteroatoms. The van der Waals surface area contributed by atoms with E-state index in [1.165, 1.54) is 0 Å². The lowest BCUT2D eigenvalue weighted by atomic mass is 10.0. The number of nitrogens with zero attached hydrogens (tertiary/aromatic N) is 2. The number of benzene rings is 1. The first-order valence-corrected chi connectivity index (χ1v) is 6.48. The molecule has 0 bridgehead atoms. The average molecular weight is 279 g/mol. The predicted molar refractivity (Wildman–Crippen MR) is 71.3 cm³/mol. The molecule has 1 atom stereocenters. The quantitative estimate of drug-likeness (QED) is 0.937. The van der Waals surface area contributed by atoms with Gasteiger partial charge in [-0.05, 0) is 19.4 Å². The van der Waals surface area contributed by atoms with Crippen molar-refractivity contribution >= 4 is 5.95 Å². The van der Waals surface area contributed by atoms with Gasteiger partial charge in [0.15, 0.2) is 0 Å². The first-order valence-electron chi connectivity index (χ1n) is 6.48. The predicted octanol–water partition coefficient (Wildman–Crippen LogP) is 3.20. The number of aryl methyl sites for hydroxylation is 1. The number of alkyl halides is 2. The fraction of sp³-hybridized carbons (Fsp3) is 0.357. The molecule has 106 valence electrons. The molecule has 20 heavy (non-hydrogen) atoms. The highest BCUT2D eigenvalue weighted by molar-refractivity contribution is 5.41. The fourth-order valence-electron chi connectivity index (χ4n) is 2.61. The van der Waals surface area contributed by atoms with Gasteiger partial charge in [-0.25, -0.2) is 4.98 Å². The molecule has 2 heterocycles. The highest BCUT2D eigenvalue weighted by Gasteiger charge is 2.25. The Morgan fingerprint density at radius 2 is 2.20 bits per heavy atom. The summed E-state index contributed by atoms with van der Waals surface area (Å²) in [6.07, 6.45) is 2.72. The SMILES string of the molecule is Cc1cn2c(n1)NCCC2c1ccccc1OC(F)F. The van der Waals surface area contributed by atoms with E-state index in [9.17, 15) is 8.78 Å². The number of nitrogens with one attached hydrogen (secondary N) is 1. The molecule has 1 N–H and O–H groups in total. The van der Waals surface area contributed by atoms with E-state index >= 15 is 0 Å². The number of ether oxygens (including phenoxy) is 1. The summed E-state index contributed by atoms with van der Waals surface area (Å²) in [5, 5.41) is 3.21. The van der Waals surface area contributed by atoms with Gasteiger partial charge in [-0.15, -0.1) is 0 Å². The normalized spacial score (nSPS) is 17.7. The van der Waals surface area contributed by atoms with Crippen LogP contribution in [0.15, 0.2) is 30.5 Å². The maximum absolute atomic E-state index is 12.5. The first kappa shape index (κ1) is 12.9. The van der Waals surface area contributed by atoms with Crippen molar-refractivity contribution in [2.45, 2.75) is 26.0 Å². The Labute approximate surface area is 115 Å². The number of aromatic nitrogens is 2. The lowest BCUT2D eigenvalue weighted by Crippen LogP contribution is -2.24. The number of anilines is 1. The van der Waals surface area contributed by atoms with Crippen LogP contribution in [0.4, 0.5) is 14.7 Å². The second kappa shape index (κ2) is 5.11. The molecule has 2 aromatic rings. The molecule has 1 aromatic heterocycles. The second-order valence-electron chi connectivity index (χ2n) is 4.76. The van der Waals surface area contributed by atoms with Gasteiger partial charge in [0.25, 0.3) is 0 Å². The number of rotatable bonds is 3. The maximum atomic E-state index is 12.5. The van der Waals surface area contributed by atoms with Crippen LogP contribution in [0.5, 0.6) is 5.75 Å². The van der Waals surface area contributed by atoms with Gasteiger partial charge in [-0.2, -0.15) is 8.78 Å². The highest BCUT2D eigenvalue weighted by atomic mass is 19.3. The van der Waals surface area contributed by atoms with Gasteiger partial charge in [-0.3, -0.25) is 0 Å². The molecule has 0 saturated heterocycles. The monoisotopic (exact) mass is 279 g/mol. The minimum absolute atomic E-state index is 0.0394. The standard InChI is InChI=1S/C14H15F2N3O/c1-9-8-19-11(6-7-17-14(19)18-9)10-4-2-3-5-12(10)20-13(15)16/h2-5,8,11,13H,6-7H2,1H3,(H,17,18). The smallest absolute Gasteiger partial charge is 0.387 e. The number of hydrogen-bond donors (Lipinski definition) is 1. The van der Waals surface area contributed by atoms with E-state index in [1.54, 1.807) is 12.1 Å². The van der Waals surface area contributed by atoms with Crippen molar-refractivity contribution in [2.75, 3.05) is 11.9 Å². The van der Waals surface area contributed by atoms with Gasteiger partial charge >= 0.3 is 6.61 Å². The topological polar surface area (TPSA) is 39.1 Å². The molecule has 1 aliphatic heterocycles. The number of hydrogen-bond acceptors (Lipinski definition) is 3. The Morgan fingerprint density at radius 1 is 1.40 bits per heavy atom. The van der Waals surface area contributed by atoms with Crippen molar-refractivity contribution in [1.82, 2.24) is 9.55 Å². The van der Waals surface area contributed by atoms with E-state index in [-0.39, 0.29) is 11.8 Å². The van der Waals surface area contributed by atoms with Crippen molar-refractivity contribution < 1.29 is 13.5 Å². The Balaban J connectivity index is 2.02.